The Balaban J connectivity index is 1.61. The predicted molar refractivity (Wildman–Crippen MR) is 178 cm³/mol. The lowest BCUT2D eigenvalue weighted by Crippen LogP contribution is -2.41. The molecule has 45 heavy (non-hydrogen) atoms. The summed E-state index contributed by atoms with van der Waals surface area (Å²) in [6.07, 6.45) is 1.23. The van der Waals surface area contributed by atoms with Crippen molar-refractivity contribution in [2.45, 2.75) is 39.3 Å². The molecule has 0 radical (unpaired) electrons. The van der Waals surface area contributed by atoms with Gasteiger partial charge < -0.3 is 14.4 Å². The largest absolute Gasteiger partial charge is 0.496 e. The van der Waals surface area contributed by atoms with Gasteiger partial charge in [0.25, 0.3) is 11.5 Å². The first-order valence-electron chi connectivity index (χ1n) is 14.5. The van der Waals surface area contributed by atoms with Gasteiger partial charge in [0.15, 0.2) is 4.80 Å². The van der Waals surface area contributed by atoms with Crippen LogP contribution in [0.4, 0.5) is 5.69 Å². The van der Waals surface area contributed by atoms with Crippen LogP contribution in [0.3, 0.4) is 0 Å². The van der Waals surface area contributed by atoms with Gasteiger partial charge in [-0.25, -0.2) is 9.79 Å². The van der Waals surface area contributed by atoms with Crippen molar-refractivity contribution in [1.82, 2.24) is 4.57 Å². The van der Waals surface area contributed by atoms with Crippen molar-refractivity contribution >= 4 is 62.0 Å². The number of para-hydroxylation sites is 1. The molecule has 0 saturated heterocycles. The average molecular weight is 707 g/mol. The highest BCUT2D eigenvalue weighted by molar-refractivity contribution is 9.10. The Morgan fingerprint density at radius 1 is 1.07 bits per heavy atom. The van der Waals surface area contributed by atoms with E-state index in [9.17, 15) is 14.4 Å². The van der Waals surface area contributed by atoms with Gasteiger partial charge in [-0.3, -0.25) is 14.2 Å². The lowest BCUT2D eigenvalue weighted by molar-refractivity contribution is -0.139. The van der Waals surface area contributed by atoms with Crippen molar-refractivity contribution in [3.63, 3.8) is 0 Å². The van der Waals surface area contributed by atoms with Crippen molar-refractivity contribution < 1.29 is 19.1 Å². The van der Waals surface area contributed by atoms with Crippen LogP contribution in [0.5, 0.6) is 5.75 Å². The van der Waals surface area contributed by atoms with E-state index in [1.807, 2.05) is 61.5 Å². The number of benzene rings is 3. The number of carbonyl (C=O) groups is 2. The van der Waals surface area contributed by atoms with Crippen molar-refractivity contribution in [3.05, 3.63) is 124 Å². The number of hydrogen-bond acceptors (Lipinski definition) is 7. The molecule has 1 aromatic heterocycles. The van der Waals surface area contributed by atoms with Crippen LogP contribution in [-0.4, -0.2) is 30.2 Å². The zero-order chi connectivity index (χ0) is 31.8. The van der Waals surface area contributed by atoms with Gasteiger partial charge in [-0.1, -0.05) is 78.7 Å². The molecular formula is C34H29BrClN3O5S. The number of allylic oxidation sites excluding steroid dienone is 1. The first-order valence-corrected chi connectivity index (χ1v) is 16.5. The zero-order valence-electron chi connectivity index (χ0n) is 24.8. The van der Waals surface area contributed by atoms with Crippen molar-refractivity contribution in [1.29, 1.82) is 0 Å². The minimum absolute atomic E-state index is 0.169. The number of esters is 1. The van der Waals surface area contributed by atoms with E-state index in [0.717, 1.165) is 23.3 Å². The molecular weight excluding hydrogens is 678 g/mol. The van der Waals surface area contributed by atoms with Gasteiger partial charge in [-0.2, -0.15) is 0 Å². The summed E-state index contributed by atoms with van der Waals surface area (Å²) < 4.78 is 13.4. The van der Waals surface area contributed by atoms with Crippen LogP contribution < -0.4 is 24.5 Å². The number of nitrogens with zero attached hydrogens (tertiary/aromatic N) is 3. The van der Waals surface area contributed by atoms with Gasteiger partial charge >= 0.3 is 5.97 Å². The first-order chi connectivity index (χ1) is 21.8. The fraction of sp³-hybridized carbons (Fsp3) is 0.235. The Bertz CT molecular complexity index is 2070. The SMILES string of the molecule is CCCC1=C(C(=O)OCC)[C@@H](c2ccc(OC)c(Br)c2)n2c(s/c(=C3/C(=O)N(Cc4ccccc4Cl)c4ccccc43)c2=O)=N1. The van der Waals surface area contributed by atoms with E-state index < -0.39 is 17.6 Å². The molecule has 1 amide bonds. The minimum Gasteiger partial charge on any atom is -0.496 e. The summed E-state index contributed by atoms with van der Waals surface area (Å²) in [6, 6.07) is 19.4. The summed E-state index contributed by atoms with van der Waals surface area (Å²) in [7, 11) is 1.57. The number of ether oxygens (including phenoxy) is 2. The molecule has 0 fully saturated rings. The number of aromatic nitrogens is 1. The second-order valence-corrected chi connectivity index (χ2v) is 12.7. The third-order valence-electron chi connectivity index (χ3n) is 7.80. The molecule has 8 nitrogen and oxygen atoms in total. The summed E-state index contributed by atoms with van der Waals surface area (Å²) in [4.78, 5) is 49.2. The van der Waals surface area contributed by atoms with Gasteiger partial charge in [-0.15, -0.1) is 0 Å². The highest BCUT2D eigenvalue weighted by Gasteiger charge is 2.38. The standard InChI is InChI=1S/C34H29BrClN3O5S/c1-4-10-24-28(33(42)44-5-2)29(19-15-16-26(43-3)22(35)17-19)39-32(41)30(45-34(39)37-24)27-21-12-7-9-14-25(21)38(31(27)40)18-20-11-6-8-13-23(20)36/h6-9,11-17,29H,4-5,10,18H2,1-3H3/b30-27+/t29-/m1/s1. The van der Waals surface area contributed by atoms with Crippen LogP contribution in [0.15, 0.2) is 92.3 Å². The quantitative estimate of drug-likeness (QED) is 0.212. The van der Waals surface area contributed by atoms with Crippen LogP contribution in [-0.2, 0) is 20.9 Å². The molecule has 0 saturated carbocycles. The van der Waals surface area contributed by atoms with E-state index in [4.69, 9.17) is 26.1 Å². The topological polar surface area (TPSA) is 90.2 Å². The van der Waals surface area contributed by atoms with Gasteiger partial charge in [-0.05, 0) is 64.7 Å². The molecule has 0 spiro atoms. The van der Waals surface area contributed by atoms with E-state index >= 15 is 0 Å². The Morgan fingerprint density at radius 3 is 2.53 bits per heavy atom. The second-order valence-electron chi connectivity index (χ2n) is 10.5. The maximum absolute atomic E-state index is 14.5. The number of thiazole rings is 1. The van der Waals surface area contributed by atoms with Crippen LogP contribution >= 0.6 is 38.9 Å². The maximum atomic E-state index is 14.5. The van der Waals surface area contributed by atoms with Crippen molar-refractivity contribution in [2.24, 2.45) is 4.99 Å². The van der Waals surface area contributed by atoms with E-state index in [0.29, 0.717) is 60.1 Å². The molecule has 230 valence electrons. The predicted octanol–water partition coefficient (Wildman–Crippen LogP) is 5.92. The Morgan fingerprint density at radius 2 is 1.82 bits per heavy atom. The van der Waals surface area contributed by atoms with Gasteiger partial charge in [0, 0.05) is 10.6 Å². The third kappa shape index (κ3) is 5.45. The zero-order valence-corrected chi connectivity index (χ0v) is 28.0. The molecule has 3 aromatic carbocycles. The minimum atomic E-state index is -0.829. The van der Waals surface area contributed by atoms with E-state index in [-0.39, 0.29) is 23.6 Å². The number of hydrogen-bond donors (Lipinski definition) is 0. The smallest absolute Gasteiger partial charge is 0.338 e. The molecule has 0 N–H and O–H groups in total. The number of methoxy groups -OCH3 is 1. The summed E-state index contributed by atoms with van der Waals surface area (Å²) in [5, 5.41) is 0.552. The molecule has 4 aromatic rings. The molecule has 0 aliphatic carbocycles. The lowest BCUT2D eigenvalue weighted by Gasteiger charge is -2.26. The number of halogens is 2. The fourth-order valence-corrected chi connectivity index (χ4v) is 7.66. The lowest BCUT2D eigenvalue weighted by atomic mass is 9.94. The highest BCUT2D eigenvalue weighted by Crippen LogP contribution is 2.38. The highest BCUT2D eigenvalue weighted by atomic mass is 79.9. The van der Waals surface area contributed by atoms with Crippen LogP contribution in [0.25, 0.3) is 5.57 Å². The maximum Gasteiger partial charge on any atom is 0.338 e. The summed E-state index contributed by atoms with van der Waals surface area (Å²) in [6.45, 7) is 4.16. The monoisotopic (exact) mass is 705 g/mol. The number of carbonyl (C=O) groups excluding carboxylic acids is 2. The normalized spacial score (nSPS) is 16.8. The molecule has 0 unspecified atom stereocenters. The molecule has 0 bridgehead atoms. The van der Waals surface area contributed by atoms with E-state index in [1.165, 1.54) is 4.57 Å². The number of rotatable bonds is 8. The Labute approximate surface area is 277 Å². The van der Waals surface area contributed by atoms with E-state index in [1.54, 1.807) is 31.1 Å². The molecule has 2 aliphatic rings. The Hall–Kier alpha value is -3.99. The van der Waals surface area contributed by atoms with Crippen LogP contribution in [0.2, 0.25) is 5.02 Å². The molecule has 1 atom stereocenters. The third-order valence-corrected chi connectivity index (χ3v) is 9.84. The number of amides is 1. The van der Waals surface area contributed by atoms with Crippen molar-refractivity contribution in [3.8, 4) is 5.75 Å². The summed E-state index contributed by atoms with van der Waals surface area (Å²) in [5.74, 6) is -0.230. The first kappa shape index (κ1) is 31.0. The average Bonchev–Trinajstić information content (AvgIpc) is 3.49. The molecule has 3 heterocycles. The van der Waals surface area contributed by atoms with Gasteiger partial charge in [0.2, 0.25) is 0 Å². The second kappa shape index (κ2) is 12.8. The summed E-state index contributed by atoms with van der Waals surface area (Å²) in [5.41, 5.74) is 3.56. The molecule has 6 rings (SSSR count). The van der Waals surface area contributed by atoms with Gasteiger partial charge in [0.1, 0.15) is 10.3 Å². The Kier molecular flexibility index (Phi) is 8.81. The van der Waals surface area contributed by atoms with Crippen molar-refractivity contribution in [2.75, 3.05) is 18.6 Å². The fourth-order valence-electron chi connectivity index (χ4n) is 5.79. The van der Waals surface area contributed by atoms with E-state index in [2.05, 4.69) is 15.9 Å². The number of anilines is 1. The number of fused-ring (bicyclic) bond motifs is 2. The molecule has 2 aliphatic heterocycles. The summed E-state index contributed by atoms with van der Waals surface area (Å²) >= 11 is 11.2. The van der Waals surface area contributed by atoms with Crippen LogP contribution in [0, 0.1) is 0 Å². The van der Waals surface area contributed by atoms with Gasteiger partial charge in [0.05, 0.1) is 53.3 Å². The molecule has 11 heteroatoms. The van der Waals surface area contributed by atoms with Crippen LogP contribution in [0.1, 0.15) is 49.4 Å².